The first kappa shape index (κ1) is 16.4. The fraction of sp³-hybridized carbons (Fsp3) is 0.500. The minimum atomic E-state index is -3.60. The second-order valence-corrected chi connectivity index (χ2v) is 6.96. The van der Waals surface area contributed by atoms with Crippen molar-refractivity contribution in [3.8, 4) is 0 Å². The number of unbranched alkanes of at least 4 members (excludes halogenated alkanes) is 1. The van der Waals surface area contributed by atoms with E-state index in [1.54, 1.807) is 6.07 Å². The molecule has 0 bridgehead atoms. The topological polar surface area (TPSA) is 83.6 Å². The second kappa shape index (κ2) is 7.23. The average Bonchev–Trinajstić information content (AvgIpc) is 2.37. The fourth-order valence-electron chi connectivity index (χ4n) is 1.63. The maximum absolute atomic E-state index is 12.4. The highest BCUT2D eigenvalue weighted by Gasteiger charge is 2.23. The van der Waals surface area contributed by atoms with Crippen molar-refractivity contribution in [2.75, 3.05) is 25.4 Å². The number of aliphatic hydroxyl groups is 1. The predicted octanol–water partition coefficient (Wildman–Crippen LogP) is 1.81. The summed E-state index contributed by atoms with van der Waals surface area (Å²) in [4.78, 5) is 0.151. The van der Waals surface area contributed by atoms with E-state index < -0.39 is 10.0 Å². The van der Waals surface area contributed by atoms with E-state index in [1.165, 1.54) is 16.4 Å². The molecule has 19 heavy (non-hydrogen) atoms. The van der Waals surface area contributed by atoms with E-state index in [1.807, 2.05) is 6.92 Å². The maximum Gasteiger partial charge on any atom is 0.243 e. The van der Waals surface area contributed by atoms with E-state index in [4.69, 9.17) is 10.8 Å². The minimum absolute atomic E-state index is 0.0955. The van der Waals surface area contributed by atoms with Crippen molar-refractivity contribution in [1.29, 1.82) is 0 Å². The zero-order valence-corrected chi connectivity index (χ0v) is 13.2. The van der Waals surface area contributed by atoms with Crippen LogP contribution in [0.1, 0.15) is 19.8 Å². The molecule has 0 radical (unpaired) electrons. The Bertz CT molecular complexity index is 520. The van der Waals surface area contributed by atoms with Gasteiger partial charge in [-0.25, -0.2) is 8.42 Å². The summed E-state index contributed by atoms with van der Waals surface area (Å²) < 4.78 is 26.8. The molecule has 0 aliphatic carbocycles. The summed E-state index contributed by atoms with van der Waals surface area (Å²) in [6.07, 6.45) is 1.64. The van der Waals surface area contributed by atoms with Crippen LogP contribution >= 0.6 is 15.9 Å². The molecule has 0 spiro atoms. The molecule has 7 heteroatoms. The maximum atomic E-state index is 12.4. The third-order valence-corrected chi connectivity index (χ3v) is 5.33. The molecule has 0 unspecified atom stereocenters. The Hall–Kier alpha value is -0.630. The molecular formula is C12H19BrN2O3S. The lowest BCUT2D eigenvalue weighted by atomic mass is 10.3. The van der Waals surface area contributed by atoms with E-state index >= 15 is 0 Å². The minimum Gasteiger partial charge on any atom is -0.398 e. The van der Waals surface area contributed by atoms with Crippen LogP contribution in [-0.4, -0.2) is 37.5 Å². The van der Waals surface area contributed by atoms with Gasteiger partial charge in [-0.15, -0.1) is 0 Å². The van der Waals surface area contributed by atoms with Gasteiger partial charge in [-0.1, -0.05) is 13.3 Å². The Morgan fingerprint density at radius 1 is 1.37 bits per heavy atom. The van der Waals surface area contributed by atoms with Gasteiger partial charge >= 0.3 is 0 Å². The monoisotopic (exact) mass is 350 g/mol. The van der Waals surface area contributed by atoms with Crippen LogP contribution in [0.3, 0.4) is 0 Å². The molecule has 0 heterocycles. The van der Waals surface area contributed by atoms with Gasteiger partial charge in [0.2, 0.25) is 10.0 Å². The Morgan fingerprint density at radius 3 is 2.58 bits per heavy atom. The third-order valence-electron chi connectivity index (χ3n) is 2.72. The number of anilines is 1. The van der Waals surface area contributed by atoms with Gasteiger partial charge < -0.3 is 10.8 Å². The Labute approximate surface area is 122 Å². The zero-order chi connectivity index (χ0) is 14.5. The second-order valence-electron chi connectivity index (χ2n) is 4.16. The number of nitrogens with two attached hydrogens (primary N) is 1. The van der Waals surface area contributed by atoms with Gasteiger partial charge in [-0.2, -0.15) is 4.31 Å². The van der Waals surface area contributed by atoms with Gasteiger partial charge in [0.25, 0.3) is 0 Å². The van der Waals surface area contributed by atoms with Crippen molar-refractivity contribution in [2.24, 2.45) is 0 Å². The largest absolute Gasteiger partial charge is 0.398 e. The lowest BCUT2D eigenvalue weighted by Crippen LogP contribution is -2.34. The van der Waals surface area contributed by atoms with Crippen LogP contribution in [0.5, 0.6) is 0 Å². The van der Waals surface area contributed by atoms with Crippen LogP contribution in [0.4, 0.5) is 5.69 Å². The average molecular weight is 351 g/mol. The van der Waals surface area contributed by atoms with Crippen molar-refractivity contribution in [2.45, 2.75) is 24.7 Å². The molecule has 0 amide bonds. The van der Waals surface area contributed by atoms with Crippen LogP contribution in [-0.2, 0) is 10.0 Å². The Balaban J connectivity index is 3.07. The number of hydrogen-bond acceptors (Lipinski definition) is 4. The third kappa shape index (κ3) is 4.17. The summed E-state index contributed by atoms with van der Waals surface area (Å²) in [6, 6.07) is 4.54. The molecule has 0 aliphatic heterocycles. The number of halogens is 1. The van der Waals surface area contributed by atoms with E-state index in [0.717, 1.165) is 12.8 Å². The number of nitrogens with zero attached hydrogens (tertiary/aromatic N) is 1. The highest BCUT2D eigenvalue weighted by molar-refractivity contribution is 9.10. The Kier molecular flexibility index (Phi) is 6.25. The van der Waals surface area contributed by atoms with Gasteiger partial charge in [0.05, 0.1) is 11.5 Å². The van der Waals surface area contributed by atoms with E-state index in [9.17, 15) is 8.42 Å². The van der Waals surface area contributed by atoms with Crippen molar-refractivity contribution in [3.63, 3.8) is 0 Å². The highest BCUT2D eigenvalue weighted by Crippen LogP contribution is 2.25. The van der Waals surface area contributed by atoms with Crippen LogP contribution in [0.15, 0.2) is 27.6 Å². The Morgan fingerprint density at radius 2 is 2.05 bits per heavy atom. The molecular weight excluding hydrogens is 332 g/mol. The van der Waals surface area contributed by atoms with Gasteiger partial charge in [0.15, 0.2) is 0 Å². The van der Waals surface area contributed by atoms with Crippen LogP contribution in [0.25, 0.3) is 0 Å². The molecule has 0 saturated heterocycles. The fourth-order valence-corrected chi connectivity index (χ4v) is 3.38. The van der Waals surface area contributed by atoms with Gasteiger partial charge in [0, 0.05) is 23.2 Å². The van der Waals surface area contributed by atoms with E-state index in [0.29, 0.717) is 16.7 Å². The SMILES string of the molecule is CCCCN(CCO)S(=O)(=O)c1ccc(Br)c(N)c1. The number of rotatable bonds is 7. The molecule has 5 nitrogen and oxygen atoms in total. The first-order valence-corrected chi connectivity index (χ1v) is 8.32. The summed E-state index contributed by atoms with van der Waals surface area (Å²) >= 11 is 3.23. The summed E-state index contributed by atoms with van der Waals surface area (Å²) in [5, 5.41) is 9.01. The van der Waals surface area contributed by atoms with Gasteiger partial charge in [-0.05, 0) is 40.5 Å². The molecule has 0 atom stereocenters. The standard InChI is InChI=1S/C12H19BrN2O3S/c1-2-3-6-15(7-8-16)19(17,18)10-4-5-11(13)12(14)9-10/h4-5,9,16H,2-3,6-8,14H2,1H3. The number of benzene rings is 1. The normalized spacial score (nSPS) is 12.0. The van der Waals surface area contributed by atoms with Crippen molar-refractivity contribution in [3.05, 3.63) is 22.7 Å². The first-order chi connectivity index (χ1) is 8.93. The highest BCUT2D eigenvalue weighted by atomic mass is 79.9. The molecule has 1 aromatic carbocycles. The number of nitrogen functional groups attached to an aromatic ring is 1. The summed E-state index contributed by atoms with van der Waals surface area (Å²) in [5.74, 6) is 0. The lowest BCUT2D eigenvalue weighted by molar-refractivity contribution is 0.252. The molecule has 0 fully saturated rings. The van der Waals surface area contributed by atoms with Crippen molar-refractivity contribution < 1.29 is 13.5 Å². The lowest BCUT2D eigenvalue weighted by Gasteiger charge is -2.21. The van der Waals surface area contributed by atoms with Crippen LogP contribution < -0.4 is 5.73 Å². The summed E-state index contributed by atoms with van der Waals surface area (Å²) in [5.41, 5.74) is 6.09. The zero-order valence-electron chi connectivity index (χ0n) is 10.8. The van der Waals surface area contributed by atoms with E-state index in [2.05, 4.69) is 15.9 Å². The molecule has 1 rings (SSSR count). The van der Waals surface area contributed by atoms with Crippen LogP contribution in [0, 0.1) is 0 Å². The van der Waals surface area contributed by atoms with Gasteiger partial charge in [-0.3, -0.25) is 0 Å². The smallest absolute Gasteiger partial charge is 0.243 e. The van der Waals surface area contributed by atoms with Gasteiger partial charge in [0.1, 0.15) is 0 Å². The molecule has 0 aliphatic rings. The molecule has 3 N–H and O–H groups in total. The predicted molar refractivity (Wildman–Crippen MR) is 79.3 cm³/mol. The van der Waals surface area contributed by atoms with Crippen molar-refractivity contribution in [1.82, 2.24) is 4.31 Å². The molecule has 0 aromatic heterocycles. The summed E-state index contributed by atoms with van der Waals surface area (Å²) in [7, 11) is -3.60. The first-order valence-electron chi connectivity index (χ1n) is 6.09. The summed E-state index contributed by atoms with van der Waals surface area (Å²) in [6.45, 7) is 2.28. The molecule has 108 valence electrons. The van der Waals surface area contributed by atoms with Crippen LogP contribution in [0.2, 0.25) is 0 Å². The van der Waals surface area contributed by atoms with E-state index in [-0.39, 0.29) is 18.0 Å². The number of aliphatic hydroxyl groups excluding tert-OH is 1. The molecule has 0 saturated carbocycles. The quantitative estimate of drug-likeness (QED) is 0.734. The number of hydrogen-bond donors (Lipinski definition) is 2. The molecule has 1 aromatic rings. The number of sulfonamides is 1. The van der Waals surface area contributed by atoms with Crippen molar-refractivity contribution >= 4 is 31.6 Å².